The number of rotatable bonds is 6. The molecule has 3 heterocycles. The van der Waals surface area contributed by atoms with Gasteiger partial charge in [0.2, 0.25) is 0 Å². The van der Waals surface area contributed by atoms with Crippen LogP contribution in [0.1, 0.15) is 36.7 Å². The van der Waals surface area contributed by atoms with Gasteiger partial charge >= 0.3 is 0 Å². The molecule has 0 bridgehead atoms. The minimum atomic E-state index is -0.980. The highest BCUT2D eigenvalue weighted by molar-refractivity contribution is 5.92. The molecule has 0 aromatic carbocycles. The van der Waals surface area contributed by atoms with Gasteiger partial charge in [-0.15, -0.1) is 0 Å². The van der Waals surface area contributed by atoms with E-state index in [0.29, 0.717) is 18.7 Å². The van der Waals surface area contributed by atoms with E-state index in [1.807, 2.05) is 11.1 Å². The third kappa shape index (κ3) is 4.19. The Kier molecular flexibility index (Phi) is 5.51. The molecule has 0 aliphatic carbocycles. The van der Waals surface area contributed by atoms with E-state index in [-0.39, 0.29) is 12.5 Å². The zero-order valence-electron chi connectivity index (χ0n) is 15.4. The van der Waals surface area contributed by atoms with Crippen LogP contribution in [0.5, 0.6) is 0 Å². The number of aliphatic hydroxyl groups is 1. The maximum atomic E-state index is 12.6. The first-order valence-electron chi connectivity index (χ1n) is 9.03. The number of carbonyl (C=O) groups excluding carboxylic acids is 1. The van der Waals surface area contributed by atoms with Gasteiger partial charge in [-0.2, -0.15) is 5.10 Å². The molecular formula is C18H26N6O2. The van der Waals surface area contributed by atoms with Crippen molar-refractivity contribution in [2.75, 3.05) is 31.6 Å². The Bertz CT molecular complexity index is 734. The SMILES string of the molecule is CCCn1ccc(C(=O)N(C)CC2(O)CCCN(c3cnccn3)C2)n1. The lowest BCUT2D eigenvalue weighted by atomic mass is 9.92. The molecule has 0 radical (unpaired) electrons. The van der Waals surface area contributed by atoms with Crippen LogP contribution in [0.15, 0.2) is 30.9 Å². The van der Waals surface area contributed by atoms with Gasteiger partial charge in [0.05, 0.1) is 18.3 Å². The number of hydrogen-bond donors (Lipinski definition) is 1. The van der Waals surface area contributed by atoms with Gasteiger partial charge in [0.1, 0.15) is 11.5 Å². The van der Waals surface area contributed by atoms with E-state index in [4.69, 9.17) is 0 Å². The summed E-state index contributed by atoms with van der Waals surface area (Å²) in [6, 6.07) is 1.73. The molecule has 8 heteroatoms. The number of carbonyl (C=O) groups is 1. The molecule has 1 fully saturated rings. The Balaban J connectivity index is 1.65. The van der Waals surface area contributed by atoms with Crippen molar-refractivity contribution >= 4 is 11.7 Å². The highest BCUT2D eigenvalue weighted by Gasteiger charge is 2.36. The zero-order valence-corrected chi connectivity index (χ0v) is 15.4. The molecule has 0 spiro atoms. The van der Waals surface area contributed by atoms with Crippen LogP contribution in [0.25, 0.3) is 0 Å². The Morgan fingerprint density at radius 2 is 2.27 bits per heavy atom. The Morgan fingerprint density at radius 3 is 3.00 bits per heavy atom. The standard InChI is InChI=1S/C18H26N6O2/c1-3-9-24-11-5-15(21-24)17(25)22(2)13-18(26)6-4-10-23(14-18)16-12-19-7-8-20-16/h5,7-8,11-12,26H,3-4,6,9-10,13-14H2,1-2H3. The number of piperidine rings is 1. The smallest absolute Gasteiger partial charge is 0.274 e. The van der Waals surface area contributed by atoms with E-state index in [9.17, 15) is 9.90 Å². The largest absolute Gasteiger partial charge is 0.386 e. The fourth-order valence-corrected chi connectivity index (χ4v) is 3.43. The predicted molar refractivity (Wildman–Crippen MR) is 97.9 cm³/mol. The summed E-state index contributed by atoms with van der Waals surface area (Å²) in [4.78, 5) is 24.6. The normalized spacial score (nSPS) is 20.2. The molecule has 0 saturated carbocycles. The van der Waals surface area contributed by atoms with Crippen molar-refractivity contribution < 1.29 is 9.90 Å². The summed E-state index contributed by atoms with van der Waals surface area (Å²) in [5.74, 6) is 0.572. The molecule has 26 heavy (non-hydrogen) atoms. The molecule has 140 valence electrons. The van der Waals surface area contributed by atoms with E-state index in [2.05, 4.69) is 22.0 Å². The van der Waals surface area contributed by atoms with Crippen molar-refractivity contribution in [2.45, 2.75) is 38.3 Å². The fraction of sp³-hybridized carbons (Fsp3) is 0.556. The molecule has 2 aromatic heterocycles. The minimum absolute atomic E-state index is 0.176. The van der Waals surface area contributed by atoms with Crippen molar-refractivity contribution in [1.29, 1.82) is 0 Å². The van der Waals surface area contributed by atoms with Crippen molar-refractivity contribution in [3.05, 3.63) is 36.5 Å². The summed E-state index contributed by atoms with van der Waals surface area (Å²) in [5, 5.41) is 15.4. The highest BCUT2D eigenvalue weighted by atomic mass is 16.3. The predicted octanol–water partition coefficient (Wildman–Crippen LogP) is 1.19. The average Bonchev–Trinajstić information content (AvgIpc) is 3.10. The van der Waals surface area contributed by atoms with Gasteiger partial charge < -0.3 is 14.9 Å². The summed E-state index contributed by atoms with van der Waals surface area (Å²) < 4.78 is 1.77. The van der Waals surface area contributed by atoms with Crippen LogP contribution in [0.2, 0.25) is 0 Å². The van der Waals surface area contributed by atoms with E-state index >= 15 is 0 Å². The summed E-state index contributed by atoms with van der Waals surface area (Å²) in [5.41, 5.74) is -0.572. The molecular weight excluding hydrogens is 332 g/mol. The van der Waals surface area contributed by atoms with Crippen LogP contribution >= 0.6 is 0 Å². The lowest BCUT2D eigenvalue weighted by Gasteiger charge is -2.41. The van der Waals surface area contributed by atoms with Crippen LogP contribution in [-0.2, 0) is 6.54 Å². The zero-order chi connectivity index (χ0) is 18.6. The topological polar surface area (TPSA) is 87.4 Å². The van der Waals surface area contributed by atoms with Crippen LogP contribution in [0.4, 0.5) is 5.82 Å². The number of amides is 1. The second kappa shape index (κ2) is 7.82. The quantitative estimate of drug-likeness (QED) is 0.834. The maximum absolute atomic E-state index is 12.6. The lowest BCUT2D eigenvalue weighted by Crippen LogP contribution is -2.55. The van der Waals surface area contributed by atoms with Gasteiger partial charge in [0.15, 0.2) is 0 Å². The number of hydrogen-bond acceptors (Lipinski definition) is 6. The van der Waals surface area contributed by atoms with Gasteiger partial charge in [-0.25, -0.2) is 4.98 Å². The number of nitrogens with zero attached hydrogens (tertiary/aromatic N) is 6. The summed E-state index contributed by atoms with van der Waals surface area (Å²) >= 11 is 0. The first-order chi connectivity index (χ1) is 12.5. The van der Waals surface area contributed by atoms with E-state index in [1.165, 1.54) is 0 Å². The Labute approximate surface area is 153 Å². The summed E-state index contributed by atoms with van der Waals surface area (Å²) in [7, 11) is 1.71. The van der Waals surface area contributed by atoms with Crippen LogP contribution in [-0.4, -0.2) is 67.9 Å². The summed E-state index contributed by atoms with van der Waals surface area (Å²) in [6.45, 7) is 4.35. The molecule has 8 nitrogen and oxygen atoms in total. The molecule has 1 aliphatic heterocycles. The van der Waals surface area contributed by atoms with E-state index in [1.54, 1.807) is 41.3 Å². The number of anilines is 1. The molecule has 2 aromatic rings. The second-order valence-electron chi connectivity index (χ2n) is 6.94. The second-order valence-corrected chi connectivity index (χ2v) is 6.94. The fourth-order valence-electron chi connectivity index (χ4n) is 3.43. The van der Waals surface area contributed by atoms with Gasteiger partial charge in [-0.1, -0.05) is 6.92 Å². The molecule has 1 N–H and O–H groups in total. The minimum Gasteiger partial charge on any atom is -0.386 e. The van der Waals surface area contributed by atoms with Crippen molar-refractivity contribution in [2.24, 2.45) is 0 Å². The van der Waals surface area contributed by atoms with E-state index in [0.717, 1.165) is 31.7 Å². The van der Waals surface area contributed by atoms with Crippen molar-refractivity contribution in [3.63, 3.8) is 0 Å². The average molecular weight is 358 g/mol. The van der Waals surface area contributed by atoms with Crippen LogP contribution < -0.4 is 4.90 Å². The molecule has 3 rings (SSSR count). The maximum Gasteiger partial charge on any atom is 0.274 e. The summed E-state index contributed by atoms with van der Waals surface area (Å²) in [6.07, 6.45) is 9.22. The Morgan fingerprint density at radius 1 is 1.42 bits per heavy atom. The monoisotopic (exact) mass is 358 g/mol. The Hall–Kier alpha value is -2.48. The number of aromatic nitrogens is 4. The third-order valence-corrected chi connectivity index (χ3v) is 4.62. The number of β-amino-alcohol motifs (C(OH)–C–C–N with tert-alkyl or cyclic N) is 1. The lowest BCUT2D eigenvalue weighted by molar-refractivity contribution is -0.000309. The third-order valence-electron chi connectivity index (χ3n) is 4.62. The van der Waals surface area contributed by atoms with Crippen molar-refractivity contribution in [3.8, 4) is 0 Å². The molecule has 1 saturated heterocycles. The molecule has 1 amide bonds. The van der Waals surface area contributed by atoms with Crippen LogP contribution in [0, 0.1) is 0 Å². The molecule has 1 aliphatic rings. The first kappa shape index (κ1) is 18.3. The molecule has 1 unspecified atom stereocenters. The van der Waals surface area contributed by atoms with Crippen molar-refractivity contribution in [1.82, 2.24) is 24.6 Å². The molecule has 1 atom stereocenters. The van der Waals surface area contributed by atoms with E-state index < -0.39 is 5.60 Å². The number of likely N-dealkylation sites (N-methyl/N-ethyl adjacent to an activating group) is 1. The van der Waals surface area contributed by atoms with Gasteiger partial charge in [-0.05, 0) is 25.3 Å². The van der Waals surface area contributed by atoms with Gasteiger partial charge in [-0.3, -0.25) is 14.5 Å². The number of aryl methyl sites for hydroxylation is 1. The van der Waals surface area contributed by atoms with Crippen LogP contribution in [0.3, 0.4) is 0 Å². The van der Waals surface area contributed by atoms with Gasteiger partial charge in [0.25, 0.3) is 5.91 Å². The highest BCUT2D eigenvalue weighted by Crippen LogP contribution is 2.25. The van der Waals surface area contributed by atoms with Gasteiger partial charge in [0, 0.05) is 45.3 Å². The first-order valence-corrected chi connectivity index (χ1v) is 9.03.